The van der Waals surface area contributed by atoms with Gasteiger partial charge in [0.2, 0.25) is 0 Å². The van der Waals surface area contributed by atoms with Crippen molar-refractivity contribution in [1.82, 2.24) is 14.5 Å². The van der Waals surface area contributed by atoms with Gasteiger partial charge < -0.3 is 18.9 Å². The first kappa shape index (κ1) is 25.4. The lowest BCUT2D eigenvalue weighted by Crippen LogP contribution is -2.38. The Bertz CT molecular complexity index is 1470. The molecular formula is C32H34FN3O3. The Labute approximate surface area is 228 Å². The number of amides is 1. The highest BCUT2D eigenvalue weighted by Crippen LogP contribution is 2.35. The summed E-state index contributed by atoms with van der Waals surface area (Å²) in [6.45, 7) is 2.63. The van der Waals surface area contributed by atoms with Crippen molar-refractivity contribution in [2.45, 2.75) is 51.2 Å². The van der Waals surface area contributed by atoms with Crippen LogP contribution in [-0.4, -0.2) is 40.6 Å². The number of methoxy groups -OCH3 is 1. The van der Waals surface area contributed by atoms with Gasteiger partial charge in [0.05, 0.1) is 18.1 Å². The SMILES string of the molecule is COc1cc(C(=O)N2CCC(c3nc4ccccc4n3CC3CCC3)CC2)ccc1OCc1cccc(F)c1. The van der Waals surface area contributed by atoms with Crippen LogP contribution in [0.15, 0.2) is 66.7 Å². The number of aromatic nitrogens is 2. The normalized spacial score (nSPS) is 16.3. The summed E-state index contributed by atoms with van der Waals surface area (Å²) < 4.78 is 27.3. The molecule has 6 rings (SSSR count). The summed E-state index contributed by atoms with van der Waals surface area (Å²) in [5.41, 5.74) is 3.59. The Kier molecular flexibility index (Phi) is 7.22. The molecule has 2 fully saturated rings. The lowest BCUT2D eigenvalue weighted by molar-refractivity contribution is 0.0709. The molecule has 2 aliphatic rings. The number of ether oxygens (including phenoxy) is 2. The fourth-order valence-electron chi connectivity index (χ4n) is 5.76. The summed E-state index contributed by atoms with van der Waals surface area (Å²) in [4.78, 5) is 20.4. The van der Waals surface area contributed by atoms with Crippen molar-refractivity contribution >= 4 is 16.9 Å². The number of piperidine rings is 1. The van der Waals surface area contributed by atoms with Gasteiger partial charge in [-0.1, -0.05) is 30.7 Å². The fraction of sp³-hybridized carbons (Fsp3) is 0.375. The van der Waals surface area contributed by atoms with Gasteiger partial charge in [-0.15, -0.1) is 0 Å². The highest BCUT2D eigenvalue weighted by Gasteiger charge is 2.30. The van der Waals surface area contributed by atoms with Gasteiger partial charge in [0.15, 0.2) is 11.5 Å². The molecule has 1 aromatic heterocycles. The van der Waals surface area contributed by atoms with Gasteiger partial charge in [-0.2, -0.15) is 0 Å². The zero-order valence-electron chi connectivity index (χ0n) is 22.3. The molecule has 1 amide bonds. The van der Waals surface area contributed by atoms with Crippen LogP contribution in [0.2, 0.25) is 0 Å². The molecule has 1 saturated heterocycles. The molecular weight excluding hydrogens is 493 g/mol. The van der Waals surface area contributed by atoms with E-state index in [2.05, 4.69) is 28.8 Å². The van der Waals surface area contributed by atoms with Crippen molar-refractivity contribution in [2.75, 3.05) is 20.2 Å². The third-order valence-corrected chi connectivity index (χ3v) is 8.19. The molecule has 0 unspecified atom stereocenters. The van der Waals surface area contributed by atoms with Crippen LogP contribution in [0.5, 0.6) is 11.5 Å². The van der Waals surface area contributed by atoms with E-state index < -0.39 is 0 Å². The molecule has 3 aromatic carbocycles. The second-order valence-electron chi connectivity index (χ2n) is 10.7. The number of nitrogens with zero attached hydrogens (tertiary/aromatic N) is 3. The number of carbonyl (C=O) groups is 1. The van der Waals surface area contributed by atoms with Crippen molar-refractivity contribution in [2.24, 2.45) is 5.92 Å². The fourth-order valence-corrected chi connectivity index (χ4v) is 5.76. The van der Waals surface area contributed by atoms with Gasteiger partial charge in [-0.3, -0.25) is 4.79 Å². The molecule has 0 atom stereocenters. The number of fused-ring (bicyclic) bond motifs is 1. The zero-order chi connectivity index (χ0) is 26.8. The third kappa shape index (κ3) is 5.35. The number of imidazole rings is 1. The monoisotopic (exact) mass is 527 g/mol. The summed E-state index contributed by atoms with van der Waals surface area (Å²) in [5.74, 6) is 2.96. The van der Waals surface area contributed by atoms with Crippen molar-refractivity contribution in [3.05, 3.63) is 89.5 Å². The van der Waals surface area contributed by atoms with Crippen LogP contribution in [0.3, 0.4) is 0 Å². The number of halogens is 1. The summed E-state index contributed by atoms with van der Waals surface area (Å²) in [6.07, 6.45) is 5.73. The number of hydrogen-bond acceptors (Lipinski definition) is 4. The minimum absolute atomic E-state index is 0.00796. The standard InChI is InChI=1S/C32H34FN3O3/c1-38-30-19-25(12-13-29(30)39-21-23-8-5-9-26(33)18-23)32(37)35-16-14-24(15-17-35)31-34-27-10-2-3-11-28(27)36(31)20-22-6-4-7-22/h2-3,5,8-13,18-19,22,24H,4,6-7,14-17,20-21H2,1H3. The molecule has 0 spiro atoms. The van der Waals surface area contributed by atoms with Crippen LogP contribution < -0.4 is 9.47 Å². The number of likely N-dealkylation sites (tertiary alicyclic amines) is 1. The molecule has 202 valence electrons. The van der Waals surface area contributed by atoms with Gasteiger partial charge in [-0.05, 0) is 79.6 Å². The first-order valence-corrected chi connectivity index (χ1v) is 13.9. The molecule has 39 heavy (non-hydrogen) atoms. The zero-order valence-corrected chi connectivity index (χ0v) is 22.3. The minimum Gasteiger partial charge on any atom is -0.493 e. The predicted octanol–water partition coefficient (Wildman–Crippen LogP) is 6.58. The highest BCUT2D eigenvalue weighted by atomic mass is 19.1. The van der Waals surface area contributed by atoms with E-state index in [1.165, 1.54) is 42.7 Å². The maximum absolute atomic E-state index is 13.5. The van der Waals surface area contributed by atoms with Gasteiger partial charge in [-0.25, -0.2) is 9.37 Å². The van der Waals surface area contributed by atoms with E-state index in [9.17, 15) is 9.18 Å². The van der Waals surface area contributed by atoms with Crippen molar-refractivity contribution < 1.29 is 18.7 Å². The number of rotatable bonds is 8. The molecule has 6 nitrogen and oxygen atoms in total. The lowest BCUT2D eigenvalue weighted by atomic mass is 9.85. The molecule has 0 bridgehead atoms. The molecule has 0 radical (unpaired) electrons. The largest absolute Gasteiger partial charge is 0.493 e. The number of benzene rings is 3. The number of hydrogen-bond donors (Lipinski definition) is 0. The van der Waals surface area contributed by atoms with E-state index in [0.717, 1.165) is 36.4 Å². The molecule has 2 heterocycles. The third-order valence-electron chi connectivity index (χ3n) is 8.19. The first-order chi connectivity index (χ1) is 19.1. The van der Waals surface area contributed by atoms with Gasteiger partial charge >= 0.3 is 0 Å². The van der Waals surface area contributed by atoms with Crippen molar-refractivity contribution in [1.29, 1.82) is 0 Å². The van der Waals surface area contributed by atoms with Crippen LogP contribution >= 0.6 is 0 Å². The summed E-state index contributed by atoms with van der Waals surface area (Å²) >= 11 is 0. The average Bonchev–Trinajstić information content (AvgIpc) is 3.32. The van der Waals surface area contributed by atoms with E-state index in [4.69, 9.17) is 14.5 Å². The van der Waals surface area contributed by atoms with Crippen LogP contribution in [0.4, 0.5) is 4.39 Å². The quantitative estimate of drug-likeness (QED) is 0.260. The minimum atomic E-state index is -0.302. The van der Waals surface area contributed by atoms with Gasteiger partial charge in [0.25, 0.3) is 5.91 Å². The van der Waals surface area contributed by atoms with Crippen LogP contribution in [-0.2, 0) is 13.2 Å². The summed E-state index contributed by atoms with van der Waals surface area (Å²) in [6, 6.07) is 20.0. The van der Waals surface area contributed by atoms with E-state index in [1.807, 2.05) is 4.90 Å². The van der Waals surface area contributed by atoms with Crippen molar-refractivity contribution in [3.8, 4) is 11.5 Å². The maximum atomic E-state index is 13.5. The van der Waals surface area contributed by atoms with E-state index in [1.54, 1.807) is 37.4 Å². The van der Waals surface area contributed by atoms with Crippen LogP contribution in [0.1, 0.15) is 59.8 Å². The molecule has 0 N–H and O–H groups in total. The molecule has 4 aromatic rings. The Morgan fingerprint density at radius 2 is 1.79 bits per heavy atom. The average molecular weight is 528 g/mol. The molecule has 7 heteroatoms. The predicted molar refractivity (Wildman–Crippen MR) is 149 cm³/mol. The smallest absolute Gasteiger partial charge is 0.253 e. The Balaban J connectivity index is 1.12. The van der Waals surface area contributed by atoms with Gasteiger partial charge in [0.1, 0.15) is 18.2 Å². The molecule has 1 aliphatic carbocycles. The van der Waals surface area contributed by atoms with Crippen LogP contribution in [0, 0.1) is 11.7 Å². The van der Waals surface area contributed by atoms with E-state index >= 15 is 0 Å². The summed E-state index contributed by atoms with van der Waals surface area (Å²) in [5, 5.41) is 0. The Morgan fingerprint density at radius 3 is 2.54 bits per heavy atom. The van der Waals surface area contributed by atoms with Crippen LogP contribution in [0.25, 0.3) is 11.0 Å². The summed E-state index contributed by atoms with van der Waals surface area (Å²) in [7, 11) is 1.56. The first-order valence-electron chi connectivity index (χ1n) is 13.9. The Hall–Kier alpha value is -3.87. The topological polar surface area (TPSA) is 56.6 Å². The maximum Gasteiger partial charge on any atom is 0.253 e. The number of carbonyl (C=O) groups excluding carboxylic acids is 1. The van der Waals surface area contributed by atoms with Crippen molar-refractivity contribution in [3.63, 3.8) is 0 Å². The Morgan fingerprint density at radius 1 is 0.974 bits per heavy atom. The lowest BCUT2D eigenvalue weighted by Gasteiger charge is -2.33. The molecule has 1 saturated carbocycles. The number of para-hydroxylation sites is 2. The second-order valence-corrected chi connectivity index (χ2v) is 10.7. The second kappa shape index (κ2) is 11.1. The molecule has 1 aliphatic heterocycles. The highest BCUT2D eigenvalue weighted by molar-refractivity contribution is 5.95. The van der Waals surface area contributed by atoms with E-state index in [0.29, 0.717) is 36.1 Å². The van der Waals surface area contributed by atoms with Gasteiger partial charge in [0, 0.05) is 31.1 Å². The van der Waals surface area contributed by atoms with E-state index in [-0.39, 0.29) is 18.3 Å².